The van der Waals surface area contributed by atoms with Crippen LogP contribution >= 0.6 is 0 Å². The zero-order valence-corrected chi connectivity index (χ0v) is 10.8. The van der Waals surface area contributed by atoms with E-state index in [-0.39, 0.29) is 30.3 Å². The van der Waals surface area contributed by atoms with Crippen LogP contribution in [-0.2, 0) is 16.1 Å². The van der Waals surface area contributed by atoms with Gasteiger partial charge in [-0.3, -0.25) is 14.9 Å². The number of aliphatic hydroxyl groups is 1. The van der Waals surface area contributed by atoms with E-state index in [0.717, 1.165) is 12.8 Å². The molecule has 106 valence electrons. The highest BCUT2D eigenvalue weighted by molar-refractivity contribution is 5.77. The Bertz CT molecular complexity index is 523. The Kier molecular flexibility index (Phi) is 4.47. The Morgan fingerprint density at radius 1 is 1.35 bits per heavy atom. The number of carbonyl (C=O) groups is 1. The van der Waals surface area contributed by atoms with Crippen LogP contribution in [-0.4, -0.2) is 22.1 Å². The van der Waals surface area contributed by atoms with Crippen molar-refractivity contribution in [2.75, 3.05) is 0 Å². The number of carbonyl (C=O) groups excluding carboxylic acids is 1. The molecule has 2 bridgehead atoms. The number of hydrogen-bond donors (Lipinski definition) is 1. The van der Waals surface area contributed by atoms with E-state index >= 15 is 0 Å². The number of nitro benzene ring substituents is 1. The van der Waals surface area contributed by atoms with Crippen LogP contribution in [0.2, 0.25) is 0 Å². The van der Waals surface area contributed by atoms with Gasteiger partial charge in [0, 0.05) is 25.0 Å². The van der Waals surface area contributed by atoms with Crippen molar-refractivity contribution in [1.29, 1.82) is 0 Å². The Balaban J connectivity index is 0.000000149. The molecule has 1 aromatic rings. The van der Waals surface area contributed by atoms with Crippen LogP contribution in [0.5, 0.6) is 0 Å². The van der Waals surface area contributed by atoms with E-state index in [1.165, 1.54) is 24.3 Å². The Labute approximate surface area is 115 Å². The molecule has 0 radical (unpaired) electrons. The zero-order chi connectivity index (χ0) is 14.5. The molecule has 1 aromatic carbocycles. The van der Waals surface area contributed by atoms with Gasteiger partial charge < -0.3 is 9.84 Å². The van der Waals surface area contributed by atoms with Gasteiger partial charge in [0.05, 0.1) is 17.4 Å². The monoisotopic (exact) mass is 277 g/mol. The van der Waals surface area contributed by atoms with Gasteiger partial charge in [-0.05, 0) is 17.7 Å². The summed E-state index contributed by atoms with van der Waals surface area (Å²) in [6.07, 6.45) is 6.01. The normalized spacial score (nSPS) is 22.8. The summed E-state index contributed by atoms with van der Waals surface area (Å²) in [7, 11) is 0. The molecule has 1 fully saturated rings. The van der Waals surface area contributed by atoms with Gasteiger partial charge in [0.1, 0.15) is 6.10 Å². The fraction of sp³-hybridized carbons (Fsp3) is 0.357. The molecule has 1 aliphatic heterocycles. The number of ether oxygens (including phenoxy) is 1. The van der Waals surface area contributed by atoms with Gasteiger partial charge in [-0.25, -0.2) is 0 Å². The van der Waals surface area contributed by atoms with Crippen LogP contribution in [0.15, 0.2) is 36.4 Å². The van der Waals surface area contributed by atoms with E-state index in [4.69, 9.17) is 9.84 Å². The summed E-state index contributed by atoms with van der Waals surface area (Å²) in [5.74, 6) is 0.0532. The molecule has 0 aromatic heterocycles. The fourth-order valence-corrected chi connectivity index (χ4v) is 2.10. The Morgan fingerprint density at radius 2 is 2.05 bits per heavy atom. The lowest BCUT2D eigenvalue weighted by molar-refractivity contribution is -0.384. The molecule has 2 aliphatic rings. The SMILES string of the molecule is O=C1O[C@H]2CC=C[C@@H]1C2.O=[N+]([O-])c1ccc(CO)cc1. The van der Waals surface area contributed by atoms with E-state index in [9.17, 15) is 14.9 Å². The molecule has 20 heavy (non-hydrogen) atoms. The number of fused-ring (bicyclic) bond motifs is 2. The lowest BCUT2D eigenvalue weighted by atomic mass is 9.97. The van der Waals surface area contributed by atoms with Crippen LogP contribution in [0.4, 0.5) is 5.69 Å². The number of rotatable bonds is 2. The maximum absolute atomic E-state index is 10.8. The molecule has 0 unspecified atom stereocenters. The molecule has 1 aliphatic carbocycles. The Hall–Kier alpha value is -2.21. The topological polar surface area (TPSA) is 89.7 Å². The zero-order valence-electron chi connectivity index (χ0n) is 10.8. The standard InChI is InChI=1S/C7H7NO3.C7H8O2/c9-5-6-1-3-7(4-2-6)8(10)11;8-7-5-2-1-3-6(4-5)9-7/h1-4,9H,5H2;1-2,5-6H,3-4H2/t;5-,6+/m.1/s1. The molecule has 0 saturated carbocycles. The van der Waals surface area contributed by atoms with Crippen molar-refractivity contribution in [3.05, 3.63) is 52.1 Å². The van der Waals surface area contributed by atoms with Gasteiger partial charge in [0.2, 0.25) is 0 Å². The molecule has 1 saturated heterocycles. The van der Waals surface area contributed by atoms with Crippen LogP contribution in [0, 0.1) is 16.0 Å². The molecule has 2 atom stereocenters. The summed E-state index contributed by atoms with van der Waals surface area (Å²) < 4.78 is 4.98. The third-order valence-corrected chi connectivity index (χ3v) is 3.20. The number of aliphatic hydroxyl groups excluding tert-OH is 1. The number of nitro groups is 1. The minimum absolute atomic E-state index is 0.0336. The minimum Gasteiger partial charge on any atom is -0.462 e. The van der Waals surface area contributed by atoms with E-state index in [1.54, 1.807) is 0 Å². The minimum atomic E-state index is -0.471. The maximum atomic E-state index is 10.8. The average molecular weight is 277 g/mol. The maximum Gasteiger partial charge on any atom is 0.313 e. The van der Waals surface area contributed by atoms with Crippen molar-refractivity contribution in [3.8, 4) is 0 Å². The van der Waals surface area contributed by atoms with Gasteiger partial charge in [0.25, 0.3) is 5.69 Å². The largest absolute Gasteiger partial charge is 0.462 e. The summed E-state index contributed by atoms with van der Waals surface area (Å²) in [6.45, 7) is -0.0853. The highest BCUT2D eigenvalue weighted by Crippen LogP contribution is 2.28. The molecular weight excluding hydrogens is 262 g/mol. The molecule has 0 amide bonds. The van der Waals surface area contributed by atoms with Crippen LogP contribution in [0.1, 0.15) is 18.4 Å². The van der Waals surface area contributed by atoms with E-state index in [2.05, 4.69) is 0 Å². The van der Waals surface area contributed by atoms with Crippen molar-refractivity contribution in [1.82, 2.24) is 0 Å². The third kappa shape index (κ3) is 3.42. The number of nitrogens with zero attached hydrogens (tertiary/aromatic N) is 1. The fourth-order valence-electron chi connectivity index (χ4n) is 2.10. The van der Waals surface area contributed by atoms with Crippen LogP contribution in [0.25, 0.3) is 0 Å². The van der Waals surface area contributed by atoms with Gasteiger partial charge in [0.15, 0.2) is 0 Å². The lowest BCUT2D eigenvalue weighted by Gasteiger charge is -2.06. The molecule has 3 rings (SSSR count). The van der Waals surface area contributed by atoms with Gasteiger partial charge >= 0.3 is 5.97 Å². The van der Waals surface area contributed by atoms with Crippen molar-refractivity contribution in [2.45, 2.75) is 25.6 Å². The predicted octanol–water partition coefficient (Wildman–Crippen LogP) is 1.97. The number of esters is 1. The third-order valence-electron chi connectivity index (χ3n) is 3.20. The van der Waals surface area contributed by atoms with E-state index in [1.807, 2.05) is 12.2 Å². The van der Waals surface area contributed by atoms with Crippen LogP contribution in [0.3, 0.4) is 0 Å². The molecule has 6 nitrogen and oxygen atoms in total. The van der Waals surface area contributed by atoms with Gasteiger partial charge in [-0.1, -0.05) is 12.2 Å². The molecule has 6 heteroatoms. The summed E-state index contributed by atoms with van der Waals surface area (Å²) >= 11 is 0. The second kappa shape index (κ2) is 6.29. The number of non-ortho nitro benzene ring substituents is 1. The first kappa shape index (κ1) is 14.2. The van der Waals surface area contributed by atoms with Crippen molar-refractivity contribution in [3.63, 3.8) is 0 Å². The van der Waals surface area contributed by atoms with E-state index < -0.39 is 4.92 Å². The first-order valence-corrected chi connectivity index (χ1v) is 6.31. The van der Waals surface area contributed by atoms with E-state index in [0.29, 0.717) is 5.56 Å². The Morgan fingerprint density at radius 3 is 2.55 bits per heavy atom. The smallest absolute Gasteiger partial charge is 0.313 e. The summed E-state index contributed by atoms with van der Waals surface area (Å²) in [5, 5.41) is 18.7. The summed E-state index contributed by atoms with van der Waals surface area (Å²) in [5.41, 5.74) is 0.720. The molecular formula is C14H15NO5. The second-order valence-electron chi connectivity index (χ2n) is 4.65. The predicted molar refractivity (Wildman–Crippen MR) is 70.8 cm³/mol. The lowest BCUT2D eigenvalue weighted by Crippen LogP contribution is -2.05. The van der Waals surface area contributed by atoms with Gasteiger partial charge in [-0.2, -0.15) is 0 Å². The average Bonchev–Trinajstić information content (AvgIpc) is 2.72. The number of hydrogen-bond acceptors (Lipinski definition) is 5. The molecule has 1 heterocycles. The highest BCUT2D eigenvalue weighted by atomic mass is 16.6. The number of benzene rings is 1. The van der Waals surface area contributed by atoms with Crippen molar-refractivity contribution < 1.29 is 19.6 Å². The summed E-state index contributed by atoms with van der Waals surface area (Å²) in [4.78, 5) is 20.5. The summed E-state index contributed by atoms with van der Waals surface area (Å²) in [6, 6.07) is 5.79. The first-order valence-electron chi connectivity index (χ1n) is 6.31. The second-order valence-corrected chi connectivity index (χ2v) is 4.65. The van der Waals surface area contributed by atoms with Gasteiger partial charge in [-0.15, -0.1) is 0 Å². The highest BCUT2D eigenvalue weighted by Gasteiger charge is 2.34. The van der Waals surface area contributed by atoms with Crippen molar-refractivity contribution >= 4 is 11.7 Å². The first-order chi connectivity index (χ1) is 9.60. The molecule has 0 spiro atoms. The van der Waals surface area contributed by atoms with Crippen LogP contribution < -0.4 is 0 Å². The quantitative estimate of drug-likeness (QED) is 0.386. The molecule has 1 N–H and O–H groups in total. The van der Waals surface area contributed by atoms with Crippen molar-refractivity contribution in [2.24, 2.45) is 5.92 Å².